The Bertz CT molecular complexity index is 176. The Kier molecular flexibility index (Phi) is 3.02. The molecule has 0 heterocycles. The fourth-order valence-electron chi connectivity index (χ4n) is 1.48. The zero-order valence-corrected chi connectivity index (χ0v) is 6.45. The predicted octanol–water partition coefficient (Wildman–Crippen LogP) is 1.50. The number of hydrogen-bond acceptors (Lipinski definition) is 2. The van der Waals surface area contributed by atoms with Crippen LogP contribution in [-0.2, 0) is 9.59 Å². The molecule has 0 aromatic heterocycles. The van der Waals surface area contributed by atoms with Crippen LogP contribution in [0.3, 0.4) is 0 Å². The maximum absolute atomic E-state index is 11.2. The van der Waals surface area contributed by atoms with Crippen LogP contribution in [0.5, 0.6) is 0 Å². The van der Waals surface area contributed by atoms with Crippen LogP contribution >= 0.6 is 0 Å². The van der Waals surface area contributed by atoms with Crippen LogP contribution in [-0.4, -0.2) is 12.1 Å². The molecule has 0 radical (unpaired) electrons. The van der Waals surface area contributed by atoms with E-state index in [2.05, 4.69) is 0 Å². The Hall–Kier alpha value is -0.920. The number of rotatable bonds is 3. The van der Waals surface area contributed by atoms with Gasteiger partial charge in [0, 0.05) is 5.92 Å². The molecule has 0 atom stereocenters. The summed E-state index contributed by atoms with van der Waals surface area (Å²) in [5.41, 5.74) is 0. The van der Waals surface area contributed by atoms with Crippen LogP contribution in [0.2, 0.25) is 0 Å². The lowest BCUT2D eigenvalue weighted by atomic mass is 10.0. The molecule has 60 valence electrons. The van der Waals surface area contributed by atoms with E-state index in [0.29, 0.717) is 6.29 Å². The summed E-state index contributed by atoms with van der Waals surface area (Å²) in [4.78, 5) is 21.0. The van der Waals surface area contributed by atoms with Crippen molar-refractivity contribution in [3.63, 3.8) is 0 Å². The van der Waals surface area contributed by atoms with E-state index in [-0.39, 0.29) is 11.7 Å². The molecular formula is C9H12O2. The first-order valence-electron chi connectivity index (χ1n) is 4.00. The van der Waals surface area contributed by atoms with E-state index in [1.807, 2.05) is 0 Å². The van der Waals surface area contributed by atoms with Crippen molar-refractivity contribution in [2.24, 2.45) is 5.92 Å². The van der Waals surface area contributed by atoms with E-state index in [1.165, 1.54) is 12.2 Å². The van der Waals surface area contributed by atoms with Crippen LogP contribution in [0.15, 0.2) is 12.2 Å². The minimum Gasteiger partial charge on any atom is -0.299 e. The second-order valence-corrected chi connectivity index (χ2v) is 2.88. The monoisotopic (exact) mass is 152 g/mol. The van der Waals surface area contributed by atoms with E-state index in [4.69, 9.17) is 0 Å². The van der Waals surface area contributed by atoms with E-state index in [1.54, 1.807) is 0 Å². The van der Waals surface area contributed by atoms with Gasteiger partial charge >= 0.3 is 0 Å². The van der Waals surface area contributed by atoms with Crippen molar-refractivity contribution in [1.82, 2.24) is 0 Å². The smallest absolute Gasteiger partial charge is 0.158 e. The molecule has 1 saturated carbocycles. The van der Waals surface area contributed by atoms with Crippen molar-refractivity contribution in [2.75, 3.05) is 0 Å². The summed E-state index contributed by atoms with van der Waals surface area (Å²) in [6.45, 7) is 0. The molecule has 0 unspecified atom stereocenters. The Morgan fingerprint density at radius 1 is 1.27 bits per heavy atom. The average Bonchev–Trinajstić information content (AvgIpc) is 2.52. The highest BCUT2D eigenvalue weighted by Crippen LogP contribution is 2.25. The summed E-state index contributed by atoms with van der Waals surface area (Å²) in [5, 5.41) is 0. The van der Waals surface area contributed by atoms with E-state index < -0.39 is 0 Å². The average molecular weight is 152 g/mol. The number of aldehydes is 1. The Morgan fingerprint density at radius 2 is 1.91 bits per heavy atom. The summed E-state index contributed by atoms with van der Waals surface area (Å²) in [6, 6.07) is 0. The van der Waals surface area contributed by atoms with Gasteiger partial charge in [-0.25, -0.2) is 0 Å². The highest BCUT2D eigenvalue weighted by molar-refractivity contribution is 5.94. The third-order valence-corrected chi connectivity index (χ3v) is 2.10. The van der Waals surface area contributed by atoms with E-state index in [0.717, 1.165) is 25.7 Å². The van der Waals surface area contributed by atoms with Gasteiger partial charge < -0.3 is 0 Å². The molecular weight excluding hydrogens is 140 g/mol. The van der Waals surface area contributed by atoms with Crippen molar-refractivity contribution in [3.8, 4) is 0 Å². The molecule has 2 heteroatoms. The molecule has 1 aliphatic carbocycles. The van der Waals surface area contributed by atoms with Crippen LogP contribution in [0.1, 0.15) is 25.7 Å². The number of hydrogen-bond donors (Lipinski definition) is 0. The van der Waals surface area contributed by atoms with Crippen LogP contribution in [0.25, 0.3) is 0 Å². The molecule has 0 N–H and O–H groups in total. The number of carbonyl (C=O) groups is 2. The van der Waals surface area contributed by atoms with Crippen LogP contribution in [0, 0.1) is 5.92 Å². The van der Waals surface area contributed by atoms with Gasteiger partial charge in [-0.2, -0.15) is 0 Å². The normalized spacial score (nSPS) is 19.3. The zero-order valence-electron chi connectivity index (χ0n) is 6.45. The third kappa shape index (κ3) is 2.30. The van der Waals surface area contributed by atoms with Gasteiger partial charge in [-0.1, -0.05) is 12.8 Å². The number of allylic oxidation sites excluding steroid dienone is 2. The lowest BCUT2D eigenvalue weighted by molar-refractivity contribution is -0.118. The molecule has 11 heavy (non-hydrogen) atoms. The predicted molar refractivity (Wildman–Crippen MR) is 42.2 cm³/mol. The Labute approximate surface area is 66.3 Å². The Morgan fingerprint density at radius 3 is 2.45 bits per heavy atom. The summed E-state index contributed by atoms with van der Waals surface area (Å²) < 4.78 is 0. The molecule has 2 nitrogen and oxygen atoms in total. The number of carbonyl (C=O) groups excluding carboxylic acids is 2. The van der Waals surface area contributed by atoms with E-state index >= 15 is 0 Å². The molecule has 1 aliphatic rings. The molecule has 0 saturated heterocycles. The molecule has 0 aromatic rings. The maximum atomic E-state index is 11.2. The maximum Gasteiger partial charge on any atom is 0.158 e. The summed E-state index contributed by atoms with van der Waals surface area (Å²) in [6.07, 6.45) is 7.64. The van der Waals surface area contributed by atoms with E-state index in [9.17, 15) is 9.59 Å². The van der Waals surface area contributed by atoms with Gasteiger partial charge in [0.25, 0.3) is 0 Å². The van der Waals surface area contributed by atoms with Crippen LogP contribution < -0.4 is 0 Å². The van der Waals surface area contributed by atoms with Gasteiger partial charge in [-0.05, 0) is 25.0 Å². The lowest BCUT2D eigenvalue weighted by Gasteiger charge is -2.00. The highest BCUT2D eigenvalue weighted by atomic mass is 16.1. The molecule has 0 amide bonds. The quantitative estimate of drug-likeness (QED) is 0.453. The molecule has 0 aliphatic heterocycles. The molecule has 0 bridgehead atoms. The standard InChI is InChI=1S/C9H12O2/c10-7-3-6-9(11)8-4-1-2-5-8/h3,6-8H,1-2,4-5H2. The van der Waals surface area contributed by atoms with Gasteiger partial charge in [-0.15, -0.1) is 0 Å². The zero-order chi connectivity index (χ0) is 8.10. The topological polar surface area (TPSA) is 34.1 Å². The molecule has 1 fully saturated rings. The molecule has 0 aromatic carbocycles. The minimum atomic E-state index is 0.120. The van der Waals surface area contributed by atoms with Crippen molar-refractivity contribution in [3.05, 3.63) is 12.2 Å². The first kappa shape index (κ1) is 8.18. The van der Waals surface area contributed by atoms with Gasteiger partial charge in [0.2, 0.25) is 0 Å². The summed E-state index contributed by atoms with van der Waals surface area (Å²) >= 11 is 0. The second kappa shape index (κ2) is 4.06. The third-order valence-electron chi connectivity index (χ3n) is 2.10. The minimum absolute atomic E-state index is 0.120. The fourth-order valence-corrected chi connectivity index (χ4v) is 1.48. The SMILES string of the molecule is O=CC=CC(=O)C1CCCC1. The summed E-state index contributed by atoms with van der Waals surface area (Å²) in [7, 11) is 0. The van der Waals surface area contributed by atoms with Gasteiger partial charge in [0.15, 0.2) is 5.78 Å². The highest BCUT2D eigenvalue weighted by Gasteiger charge is 2.19. The van der Waals surface area contributed by atoms with Gasteiger partial charge in [0.05, 0.1) is 0 Å². The molecule has 0 spiro atoms. The van der Waals surface area contributed by atoms with Crippen molar-refractivity contribution in [2.45, 2.75) is 25.7 Å². The second-order valence-electron chi connectivity index (χ2n) is 2.88. The summed E-state index contributed by atoms with van der Waals surface area (Å²) in [5.74, 6) is 0.320. The van der Waals surface area contributed by atoms with Crippen molar-refractivity contribution in [1.29, 1.82) is 0 Å². The first-order valence-corrected chi connectivity index (χ1v) is 4.00. The number of ketones is 1. The fraction of sp³-hybridized carbons (Fsp3) is 0.556. The van der Waals surface area contributed by atoms with Gasteiger partial charge in [0.1, 0.15) is 6.29 Å². The lowest BCUT2D eigenvalue weighted by Crippen LogP contribution is -2.06. The van der Waals surface area contributed by atoms with Crippen molar-refractivity contribution >= 4 is 12.1 Å². The van der Waals surface area contributed by atoms with Crippen LogP contribution in [0.4, 0.5) is 0 Å². The Balaban J connectivity index is 2.40. The largest absolute Gasteiger partial charge is 0.299 e. The first-order chi connectivity index (χ1) is 5.34. The van der Waals surface area contributed by atoms with Gasteiger partial charge in [-0.3, -0.25) is 9.59 Å². The molecule has 1 rings (SSSR count). The van der Waals surface area contributed by atoms with Crippen molar-refractivity contribution < 1.29 is 9.59 Å².